The van der Waals surface area contributed by atoms with Crippen LogP contribution in [0.1, 0.15) is 38.7 Å². The molecule has 1 unspecified atom stereocenters. The van der Waals surface area contributed by atoms with Crippen LogP contribution in [0.3, 0.4) is 0 Å². The molecule has 1 atom stereocenters. The van der Waals surface area contributed by atoms with Gasteiger partial charge in [-0.3, -0.25) is 0 Å². The van der Waals surface area contributed by atoms with E-state index in [1.165, 1.54) is 5.56 Å². The van der Waals surface area contributed by atoms with Gasteiger partial charge < -0.3 is 5.11 Å². The van der Waals surface area contributed by atoms with Crippen molar-refractivity contribution in [2.75, 3.05) is 0 Å². The minimum atomic E-state index is -0.504. The van der Waals surface area contributed by atoms with Gasteiger partial charge in [0.1, 0.15) is 0 Å². The summed E-state index contributed by atoms with van der Waals surface area (Å²) in [6.45, 7) is 4.17. The van der Waals surface area contributed by atoms with Gasteiger partial charge in [-0.1, -0.05) is 50.6 Å². The lowest BCUT2D eigenvalue weighted by atomic mass is 9.88. The molecule has 0 aromatic heterocycles. The third-order valence-corrected chi connectivity index (χ3v) is 2.75. The molecule has 0 aliphatic rings. The van der Waals surface area contributed by atoms with E-state index < -0.39 is 5.60 Å². The standard InChI is InChI=1S/C13H20O/c1-3-10-13(14,4-2)11-12-8-6-5-7-9-12/h5-9,14H,3-4,10-11H2,1-2H3. The van der Waals surface area contributed by atoms with E-state index in [-0.39, 0.29) is 0 Å². The van der Waals surface area contributed by atoms with Crippen LogP contribution >= 0.6 is 0 Å². The topological polar surface area (TPSA) is 20.2 Å². The van der Waals surface area contributed by atoms with Gasteiger partial charge in [0, 0.05) is 6.42 Å². The summed E-state index contributed by atoms with van der Waals surface area (Å²) < 4.78 is 0. The Bertz CT molecular complexity index is 255. The maximum atomic E-state index is 10.3. The summed E-state index contributed by atoms with van der Waals surface area (Å²) in [5.74, 6) is 0. The second-order valence-electron chi connectivity index (χ2n) is 3.99. The summed E-state index contributed by atoms with van der Waals surface area (Å²) in [6, 6.07) is 10.2. The van der Waals surface area contributed by atoms with E-state index in [9.17, 15) is 5.11 Å². The highest BCUT2D eigenvalue weighted by Crippen LogP contribution is 2.22. The Morgan fingerprint density at radius 1 is 1.14 bits per heavy atom. The van der Waals surface area contributed by atoms with Crippen molar-refractivity contribution in [3.63, 3.8) is 0 Å². The number of hydrogen-bond acceptors (Lipinski definition) is 1. The Morgan fingerprint density at radius 3 is 2.29 bits per heavy atom. The molecule has 0 aliphatic heterocycles. The zero-order valence-corrected chi connectivity index (χ0v) is 9.16. The summed E-state index contributed by atoms with van der Waals surface area (Å²) in [5.41, 5.74) is 0.723. The average molecular weight is 192 g/mol. The highest BCUT2D eigenvalue weighted by Gasteiger charge is 2.23. The van der Waals surface area contributed by atoms with Crippen LogP contribution in [0.25, 0.3) is 0 Å². The fraction of sp³-hybridized carbons (Fsp3) is 0.538. The average Bonchev–Trinajstić information content (AvgIpc) is 2.20. The van der Waals surface area contributed by atoms with Crippen LogP contribution in [0.5, 0.6) is 0 Å². The van der Waals surface area contributed by atoms with E-state index in [1.54, 1.807) is 0 Å². The molecule has 1 N–H and O–H groups in total. The predicted molar refractivity (Wildman–Crippen MR) is 60.3 cm³/mol. The van der Waals surface area contributed by atoms with E-state index in [4.69, 9.17) is 0 Å². The second-order valence-corrected chi connectivity index (χ2v) is 3.99. The first-order valence-corrected chi connectivity index (χ1v) is 5.46. The number of benzene rings is 1. The highest BCUT2D eigenvalue weighted by molar-refractivity contribution is 5.16. The van der Waals surface area contributed by atoms with E-state index in [0.717, 1.165) is 25.7 Å². The lowest BCUT2D eigenvalue weighted by Gasteiger charge is -2.26. The zero-order chi connectivity index (χ0) is 10.4. The Balaban J connectivity index is 2.65. The van der Waals surface area contributed by atoms with E-state index in [0.29, 0.717) is 0 Å². The highest BCUT2D eigenvalue weighted by atomic mass is 16.3. The summed E-state index contributed by atoms with van der Waals surface area (Å²) in [6.07, 6.45) is 3.53. The molecule has 1 heteroatoms. The maximum absolute atomic E-state index is 10.3. The van der Waals surface area contributed by atoms with Gasteiger partial charge in [-0.15, -0.1) is 0 Å². The van der Waals surface area contributed by atoms with Crippen molar-refractivity contribution in [1.29, 1.82) is 0 Å². The third kappa shape index (κ3) is 3.15. The smallest absolute Gasteiger partial charge is 0.0685 e. The monoisotopic (exact) mass is 192 g/mol. The van der Waals surface area contributed by atoms with Gasteiger partial charge in [-0.05, 0) is 18.4 Å². The molecule has 0 saturated heterocycles. The Morgan fingerprint density at radius 2 is 1.79 bits per heavy atom. The van der Waals surface area contributed by atoms with Crippen LogP contribution < -0.4 is 0 Å². The van der Waals surface area contributed by atoms with Crippen molar-refractivity contribution in [3.8, 4) is 0 Å². The van der Waals surface area contributed by atoms with Crippen molar-refractivity contribution < 1.29 is 5.11 Å². The van der Waals surface area contributed by atoms with Crippen LogP contribution in [0, 0.1) is 0 Å². The molecule has 0 radical (unpaired) electrons. The Hall–Kier alpha value is -0.820. The van der Waals surface area contributed by atoms with Gasteiger partial charge >= 0.3 is 0 Å². The Labute approximate surface area is 86.8 Å². The maximum Gasteiger partial charge on any atom is 0.0685 e. The number of rotatable bonds is 5. The van der Waals surface area contributed by atoms with Gasteiger partial charge in [0.25, 0.3) is 0 Å². The summed E-state index contributed by atoms with van der Waals surface area (Å²) in [4.78, 5) is 0. The zero-order valence-electron chi connectivity index (χ0n) is 9.16. The first kappa shape index (κ1) is 11.3. The largest absolute Gasteiger partial charge is 0.390 e. The first-order chi connectivity index (χ1) is 6.70. The molecule has 1 rings (SSSR count). The van der Waals surface area contributed by atoms with Gasteiger partial charge in [-0.25, -0.2) is 0 Å². The molecule has 14 heavy (non-hydrogen) atoms. The molecule has 0 bridgehead atoms. The molecular formula is C13H20O. The Kier molecular flexibility index (Phi) is 4.15. The first-order valence-electron chi connectivity index (χ1n) is 5.46. The molecule has 1 nitrogen and oxygen atoms in total. The second kappa shape index (κ2) is 5.16. The number of hydrogen-bond donors (Lipinski definition) is 1. The molecule has 1 aromatic rings. The van der Waals surface area contributed by atoms with Crippen molar-refractivity contribution in [1.82, 2.24) is 0 Å². The molecule has 0 heterocycles. The normalized spacial score (nSPS) is 15.1. The molecule has 0 spiro atoms. The van der Waals surface area contributed by atoms with Crippen molar-refractivity contribution >= 4 is 0 Å². The van der Waals surface area contributed by atoms with E-state index in [1.807, 2.05) is 18.2 Å². The third-order valence-electron chi connectivity index (χ3n) is 2.75. The van der Waals surface area contributed by atoms with Crippen LogP contribution in [-0.2, 0) is 6.42 Å². The lowest BCUT2D eigenvalue weighted by molar-refractivity contribution is 0.0271. The molecule has 78 valence electrons. The van der Waals surface area contributed by atoms with Crippen LogP contribution in [0.4, 0.5) is 0 Å². The molecule has 0 aliphatic carbocycles. The number of aliphatic hydroxyl groups is 1. The van der Waals surface area contributed by atoms with Crippen LogP contribution in [0.2, 0.25) is 0 Å². The van der Waals surface area contributed by atoms with Crippen molar-refractivity contribution in [3.05, 3.63) is 35.9 Å². The summed E-state index contributed by atoms with van der Waals surface area (Å²) in [5, 5.41) is 10.3. The minimum Gasteiger partial charge on any atom is -0.390 e. The van der Waals surface area contributed by atoms with E-state index in [2.05, 4.69) is 26.0 Å². The molecule has 0 amide bonds. The summed E-state index contributed by atoms with van der Waals surface area (Å²) >= 11 is 0. The minimum absolute atomic E-state index is 0.504. The fourth-order valence-electron chi connectivity index (χ4n) is 1.83. The van der Waals surface area contributed by atoms with Gasteiger partial charge in [0.05, 0.1) is 5.60 Å². The molecule has 0 saturated carbocycles. The van der Waals surface area contributed by atoms with Gasteiger partial charge in [0.2, 0.25) is 0 Å². The van der Waals surface area contributed by atoms with Crippen LogP contribution in [-0.4, -0.2) is 10.7 Å². The molecule has 1 aromatic carbocycles. The van der Waals surface area contributed by atoms with Crippen molar-refractivity contribution in [2.24, 2.45) is 0 Å². The van der Waals surface area contributed by atoms with Crippen LogP contribution in [0.15, 0.2) is 30.3 Å². The van der Waals surface area contributed by atoms with Gasteiger partial charge in [-0.2, -0.15) is 0 Å². The molecule has 0 fully saturated rings. The summed E-state index contributed by atoms with van der Waals surface area (Å²) in [7, 11) is 0. The quantitative estimate of drug-likeness (QED) is 0.759. The predicted octanol–water partition coefficient (Wildman–Crippen LogP) is 3.17. The lowest BCUT2D eigenvalue weighted by Crippen LogP contribution is -2.30. The van der Waals surface area contributed by atoms with Crippen molar-refractivity contribution in [2.45, 2.75) is 45.1 Å². The van der Waals surface area contributed by atoms with Gasteiger partial charge in [0.15, 0.2) is 0 Å². The SMILES string of the molecule is CCCC(O)(CC)Cc1ccccc1. The molecular weight excluding hydrogens is 172 g/mol. The fourth-order valence-corrected chi connectivity index (χ4v) is 1.83. The van der Waals surface area contributed by atoms with E-state index >= 15 is 0 Å².